The second-order valence-corrected chi connectivity index (χ2v) is 7.17. The number of methoxy groups -OCH3 is 1. The van der Waals surface area contributed by atoms with Gasteiger partial charge in [-0.25, -0.2) is 13.5 Å². The van der Waals surface area contributed by atoms with Gasteiger partial charge in [0.1, 0.15) is 11.3 Å². The van der Waals surface area contributed by atoms with Crippen molar-refractivity contribution in [1.82, 2.24) is 14.7 Å². The summed E-state index contributed by atoms with van der Waals surface area (Å²) < 4.78 is 73.9. The van der Waals surface area contributed by atoms with Crippen molar-refractivity contribution in [3.63, 3.8) is 0 Å². The van der Waals surface area contributed by atoms with Gasteiger partial charge in [0.2, 0.25) is 0 Å². The van der Waals surface area contributed by atoms with Crippen molar-refractivity contribution < 1.29 is 36.6 Å². The van der Waals surface area contributed by atoms with Crippen molar-refractivity contribution >= 4 is 5.97 Å². The number of carboxylic acid groups (broad SMARTS) is 1. The first-order chi connectivity index (χ1) is 14.4. The molecule has 0 unspecified atom stereocenters. The van der Waals surface area contributed by atoms with E-state index >= 15 is 0 Å². The number of benzene rings is 1. The number of aliphatic carboxylic acids is 1. The number of likely N-dealkylation sites (tertiary alicyclic amines) is 1. The first kappa shape index (κ1) is 22.7. The Morgan fingerprint density at radius 3 is 2.48 bits per heavy atom. The molecule has 3 rings (SSSR count). The molecule has 1 aromatic carbocycles. The van der Waals surface area contributed by atoms with Crippen molar-refractivity contribution in [2.24, 2.45) is 0 Å². The maximum Gasteiger partial charge on any atom is 0.421 e. The largest absolute Gasteiger partial charge is 0.497 e. The second kappa shape index (κ2) is 8.25. The van der Waals surface area contributed by atoms with Crippen molar-refractivity contribution in [1.29, 1.82) is 0 Å². The molecule has 1 N–H and O–H groups in total. The SMILES string of the molecule is COc1ccc(Cn2nc([C@H]3CC(F)(F)CN3CC(=O)O)cc(C(F)(F)F)c2=O)cc1. The number of rotatable bonds is 6. The molecule has 2 aromatic rings. The Hall–Kier alpha value is -3.02. The van der Waals surface area contributed by atoms with Gasteiger partial charge in [0.15, 0.2) is 0 Å². The maximum absolute atomic E-state index is 13.9. The Kier molecular flexibility index (Phi) is 6.03. The lowest BCUT2D eigenvalue weighted by atomic mass is 10.1. The number of carbonyl (C=O) groups is 1. The molecular weight excluding hydrogens is 429 g/mol. The highest BCUT2D eigenvalue weighted by Gasteiger charge is 2.47. The number of aromatic nitrogens is 2. The number of carboxylic acids is 1. The summed E-state index contributed by atoms with van der Waals surface area (Å²) in [6, 6.07) is 5.16. The summed E-state index contributed by atoms with van der Waals surface area (Å²) >= 11 is 0. The van der Waals surface area contributed by atoms with Gasteiger partial charge in [-0.1, -0.05) is 12.1 Å². The van der Waals surface area contributed by atoms with E-state index in [4.69, 9.17) is 9.84 Å². The highest BCUT2D eigenvalue weighted by atomic mass is 19.4. The van der Waals surface area contributed by atoms with Crippen molar-refractivity contribution in [3.05, 3.63) is 57.5 Å². The van der Waals surface area contributed by atoms with Crippen molar-refractivity contribution in [2.75, 3.05) is 20.2 Å². The van der Waals surface area contributed by atoms with Gasteiger partial charge in [0.25, 0.3) is 11.5 Å². The topological polar surface area (TPSA) is 84.7 Å². The average Bonchev–Trinajstić information content (AvgIpc) is 2.96. The van der Waals surface area contributed by atoms with Gasteiger partial charge in [-0.05, 0) is 23.8 Å². The monoisotopic (exact) mass is 447 g/mol. The van der Waals surface area contributed by atoms with Crippen LogP contribution in [-0.2, 0) is 17.5 Å². The fourth-order valence-corrected chi connectivity index (χ4v) is 3.45. The molecule has 1 atom stereocenters. The third kappa shape index (κ3) is 5.19. The van der Waals surface area contributed by atoms with E-state index in [-0.39, 0.29) is 6.54 Å². The van der Waals surface area contributed by atoms with Gasteiger partial charge in [-0.15, -0.1) is 0 Å². The molecule has 1 aromatic heterocycles. The molecule has 12 heteroatoms. The molecular formula is C19H18F5N3O4. The van der Waals surface area contributed by atoms with E-state index in [1.165, 1.54) is 19.2 Å². The minimum Gasteiger partial charge on any atom is -0.497 e. The molecule has 1 saturated heterocycles. The number of hydrogen-bond donors (Lipinski definition) is 1. The summed E-state index contributed by atoms with van der Waals surface area (Å²) in [5.41, 5.74) is -3.00. The summed E-state index contributed by atoms with van der Waals surface area (Å²) in [6.45, 7) is -2.09. The molecule has 1 aliphatic heterocycles. The molecule has 31 heavy (non-hydrogen) atoms. The number of nitrogens with zero attached hydrogens (tertiary/aromatic N) is 3. The highest BCUT2D eigenvalue weighted by molar-refractivity contribution is 5.69. The second-order valence-electron chi connectivity index (χ2n) is 7.17. The smallest absolute Gasteiger partial charge is 0.421 e. The number of alkyl halides is 5. The first-order valence-corrected chi connectivity index (χ1v) is 9.05. The number of halogens is 5. The van der Waals surface area contributed by atoms with Crippen LogP contribution in [-0.4, -0.2) is 51.9 Å². The van der Waals surface area contributed by atoms with E-state index in [0.717, 1.165) is 4.90 Å². The van der Waals surface area contributed by atoms with Crippen molar-refractivity contribution in [3.8, 4) is 5.75 Å². The zero-order valence-electron chi connectivity index (χ0n) is 16.2. The lowest BCUT2D eigenvalue weighted by Crippen LogP contribution is -2.35. The van der Waals surface area contributed by atoms with E-state index in [1.807, 2.05) is 0 Å². The van der Waals surface area contributed by atoms with E-state index in [9.17, 15) is 31.5 Å². The van der Waals surface area contributed by atoms with E-state index < -0.39 is 60.4 Å². The summed E-state index contributed by atoms with van der Waals surface area (Å²) in [6.07, 6.45) is -5.96. The van der Waals surface area contributed by atoms with Crippen LogP contribution in [0.25, 0.3) is 0 Å². The molecule has 0 spiro atoms. The van der Waals surface area contributed by atoms with Crippen LogP contribution in [0.2, 0.25) is 0 Å². The normalized spacial score (nSPS) is 18.8. The Morgan fingerprint density at radius 2 is 1.94 bits per heavy atom. The minimum absolute atomic E-state index is 0.345. The molecule has 0 aliphatic carbocycles. The highest BCUT2D eigenvalue weighted by Crippen LogP contribution is 2.41. The van der Waals surface area contributed by atoms with Crippen LogP contribution in [0, 0.1) is 0 Å². The van der Waals surface area contributed by atoms with Crippen LogP contribution >= 0.6 is 0 Å². The lowest BCUT2D eigenvalue weighted by molar-refractivity contribution is -0.140. The predicted octanol–water partition coefficient (Wildman–Crippen LogP) is 2.79. The minimum atomic E-state index is -5.05. The van der Waals surface area contributed by atoms with Gasteiger partial charge in [0.05, 0.1) is 38.5 Å². The fraction of sp³-hybridized carbons (Fsp3) is 0.421. The summed E-state index contributed by atoms with van der Waals surface area (Å²) in [5.74, 6) is -4.23. The van der Waals surface area contributed by atoms with Crippen LogP contribution in [0.3, 0.4) is 0 Å². The Balaban J connectivity index is 2.06. The third-order valence-electron chi connectivity index (χ3n) is 4.84. The van der Waals surface area contributed by atoms with Gasteiger partial charge < -0.3 is 9.84 Å². The predicted molar refractivity (Wildman–Crippen MR) is 97.1 cm³/mol. The quantitative estimate of drug-likeness (QED) is 0.686. The zero-order valence-corrected chi connectivity index (χ0v) is 16.2. The molecule has 7 nitrogen and oxygen atoms in total. The molecule has 1 aliphatic rings. The molecule has 0 radical (unpaired) electrons. The van der Waals surface area contributed by atoms with Crippen LogP contribution in [0.15, 0.2) is 35.1 Å². The number of hydrogen-bond acceptors (Lipinski definition) is 5. The van der Waals surface area contributed by atoms with E-state index in [2.05, 4.69) is 5.10 Å². The zero-order chi connectivity index (χ0) is 23.0. The van der Waals surface area contributed by atoms with Gasteiger partial charge in [-0.3, -0.25) is 14.5 Å². The Bertz CT molecular complexity index is 1020. The van der Waals surface area contributed by atoms with Gasteiger partial charge >= 0.3 is 12.1 Å². The van der Waals surface area contributed by atoms with Gasteiger partial charge in [-0.2, -0.15) is 18.3 Å². The fourth-order valence-electron chi connectivity index (χ4n) is 3.45. The molecule has 0 saturated carbocycles. The van der Waals surface area contributed by atoms with Crippen LogP contribution in [0.5, 0.6) is 5.75 Å². The van der Waals surface area contributed by atoms with Crippen molar-refractivity contribution in [2.45, 2.75) is 31.1 Å². The molecule has 2 heterocycles. The van der Waals surface area contributed by atoms with E-state index in [0.29, 0.717) is 22.1 Å². The maximum atomic E-state index is 13.9. The van der Waals surface area contributed by atoms with E-state index in [1.54, 1.807) is 12.1 Å². The average molecular weight is 447 g/mol. The Morgan fingerprint density at radius 1 is 1.29 bits per heavy atom. The van der Waals surface area contributed by atoms with Crippen LogP contribution in [0.4, 0.5) is 22.0 Å². The first-order valence-electron chi connectivity index (χ1n) is 9.05. The molecule has 0 bridgehead atoms. The number of ether oxygens (including phenoxy) is 1. The van der Waals surface area contributed by atoms with Gasteiger partial charge in [0, 0.05) is 6.42 Å². The summed E-state index contributed by atoms with van der Waals surface area (Å²) in [7, 11) is 1.43. The van der Waals surface area contributed by atoms with Crippen LogP contribution in [0.1, 0.15) is 29.3 Å². The molecule has 1 fully saturated rings. The Labute approximate surface area is 172 Å². The third-order valence-corrected chi connectivity index (χ3v) is 4.84. The standard InChI is InChI=1S/C19H18F5N3O4/c1-31-12-4-2-11(3-5-12)8-27-17(30)13(19(22,23)24)6-14(25-27)15-7-18(20,21)10-26(15)9-16(28)29/h2-6,15H,7-10H2,1H3,(H,28,29)/t15-/m1/s1. The molecule has 0 amide bonds. The van der Waals surface area contributed by atoms with Crippen LogP contribution < -0.4 is 10.3 Å². The summed E-state index contributed by atoms with van der Waals surface area (Å²) in [5, 5.41) is 12.9. The molecule has 168 valence electrons. The lowest BCUT2D eigenvalue weighted by Gasteiger charge is -2.22. The summed E-state index contributed by atoms with van der Waals surface area (Å²) in [4.78, 5) is 24.3.